The molecule has 8 heteroatoms. The number of alkyl halides is 2. The molecule has 0 bridgehead atoms. The lowest BCUT2D eigenvalue weighted by Crippen LogP contribution is -2.50. The molecule has 3 atom stereocenters. The van der Waals surface area contributed by atoms with Gasteiger partial charge in [0, 0.05) is 30.2 Å². The van der Waals surface area contributed by atoms with Gasteiger partial charge in [0.25, 0.3) is 0 Å². The topological polar surface area (TPSA) is 66.5 Å². The number of nitrogens with zero attached hydrogens (tertiary/aromatic N) is 1. The van der Waals surface area contributed by atoms with Gasteiger partial charge in [-0.15, -0.1) is 0 Å². The molecular formula is C19H26F2N2O3S. The molecule has 0 aliphatic carbocycles. The smallest absolute Gasteiger partial charge is 0.318 e. The molecule has 0 spiro atoms. The van der Waals surface area contributed by atoms with Crippen molar-refractivity contribution in [1.29, 1.82) is 0 Å². The SMILES string of the molecule is CC(/C=C/S(C)(=O)=O)NC(=O)N1CC[C@@H](C(C)(F)F)C[C@H]1c1ccccc1. The monoisotopic (exact) mass is 400 g/mol. The van der Waals surface area contributed by atoms with Gasteiger partial charge in [-0.25, -0.2) is 22.0 Å². The first-order valence-electron chi connectivity index (χ1n) is 8.85. The van der Waals surface area contributed by atoms with E-state index in [0.717, 1.165) is 24.2 Å². The van der Waals surface area contributed by atoms with Crippen molar-refractivity contribution in [3.8, 4) is 0 Å². The molecule has 5 nitrogen and oxygen atoms in total. The van der Waals surface area contributed by atoms with Gasteiger partial charge < -0.3 is 10.2 Å². The largest absolute Gasteiger partial charge is 0.332 e. The number of likely N-dealkylation sites (tertiary alicyclic amines) is 1. The molecule has 1 N–H and O–H groups in total. The van der Waals surface area contributed by atoms with Crippen LogP contribution in [0, 0.1) is 5.92 Å². The quantitative estimate of drug-likeness (QED) is 0.819. The van der Waals surface area contributed by atoms with Crippen molar-refractivity contribution in [2.45, 2.75) is 44.7 Å². The normalized spacial score (nSPS) is 22.6. The number of amides is 2. The molecule has 1 aliphatic heterocycles. The Kier molecular flexibility index (Phi) is 6.62. The highest BCUT2D eigenvalue weighted by Gasteiger charge is 2.42. The summed E-state index contributed by atoms with van der Waals surface area (Å²) < 4.78 is 50.1. The molecule has 1 unspecified atom stereocenters. The third-order valence-electron chi connectivity index (χ3n) is 4.73. The Labute approximate surface area is 159 Å². The second-order valence-electron chi connectivity index (χ2n) is 7.19. The summed E-state index contributed by atoms with van der Waals surface area (Å²) in [4.78, 5) is 14.3. The Bertz CT molecular complexity index is 776. The minimum absolute atomic E-state index is 0.175. The van der Waals surface area contributed by atoms with Crippen molar-refractivity contribution in [1.82, 2.24) is 10.2 Å². The van der Waals surface area contributed by atoms with Gasteiger partial charge in [-0.1, -0.05) is 36.4 Å². The highest BCUT2D eigenvalue weighted by molar-refractivity contribution is 7.93. The lowest BCUT2D eigenvalue weighted by atomic mass is 9.84. The van der Waals surface area contributed by atoms with Crippen molar-refractivity contribution < 1.29 is 22.0 Å². The third kappa shape index (κ3) is 6.30. The number of sulfone groups is 1. The molecule has 0 aromatic heterocycles. The fourth-order valence-corrected chi connectivity index (χ4v) is 3.77. The number of carbonyl (C=O) groups excluding carboxylic acids is 1. The predicted octanol–water partition coefficient (Wildman–Crippen LogP) is 3.75. The average Bonchev–Trinajstić information content (AvgIpc) is 2.59. The van der Waals surface area contributed by atoms with E-state index in [2.05, 4.69) is 5.32 Å². The second kappa shape index (κ2) is 8.37. The average molecular weight is 400 g/mol. The van der Waals surface area contributed by atoms with E-state index in [4.69, 9.17) is 0 Å². The summed E-state index contributed by atoms with van der Waals surface area (Å²) in [5.41, 5.74) is 0.806. The summed E-state index contributed by atoms with van der Waals surface area (Å²) in [6, 6.07) is 7.76. The van der Waals surface area contributed by atoms with Crippen molar-refractivity contribution in [3.05, 3.63) is 47.4 Å². The lowest BCUT2D eigenvalue weighted by Gasteiger charge is -2.41. The summed E-state index contributed by atoms with van der Waals surface area (Å²) in [6.07, 6.45) is 2.85. The van der Waals surface area contributed by atoms with Crippen LogP contribution in [0.3, 0.4) is 0 Å². The maximum Gasteiger partial charge on any atom is 0.318 e. The fourth-order valence-electron chi connectivity index (χ4n) is 3.25. The fraction of sp³-hybridized carbons (Fsp3) is 0.526. The van der Waals surface area contributed by atoms with E-state index in [9.17, 15) is 22.0 Å². The molecule has 2 amide bonds. The Morgan fingerprint density at radius 2 is 1.96 bits per heavy atom. The molecule has 1 aliphatic rings. The van der Waals surface area contributed by atoms with Crippen LogP contribution in [0.25, 0.3) is 0 Å². The van der Waals surface area contributed by atoms with Crippen LogP contribution < -0.4 is 5.32 Å². The minimum Gasteiger partial charge on any atom is -0.332 e. The van der Waals surface area contributed by atoms with Crippen LogP contribution in [0.2, 0.25) is 0 Å². The van der Waals surface area contributed by atoms with Crippen molar-refractivity contribution in [3.63, 3.8) is 0 Å². The van der Waals surface area contributed by atoms with E-state index in [1.807, 2.05) is 30.3 Å². The predicted molar refractivity (Wildman–Crippen MR) is 101 cm³/mol. The highest BCUT2D eigenvalue weighted by atomic mass is 32.2. The molecule has 2 rings (SSSR count). The van der Waals surface area contributed by atoms with Gasteiger partial charge in [0.05, 0.1) is 6.04 Å². The van der Waals surface area contributed by atoms with Gasteiger partial charge in [-0.2, -0.15) is 0 Å². The standard InChI is InChI=1S/C19H26F2N2O3S/c1-14(10-12-27(3,25)26)22-18(24)23-11-9-16(19(2,20)21)13-17(23)15-7-5-4-6-8-15/h4-8,10,12,14,16-17H,9,11,13H2,1-3H3,(H,22,24)/b12-10+/t14?,16-,17+/m1/s1. The van der Waals surface area contributed by atoms with Crippen LogP contribution in [-0.2, 0) is 9.84 Å². The van der Waals surface area contributed by atoms with Gasteiger partial charge in [-0.05, 0) is 32.3 Å². The maximum atomic E-state index is 13.9. The van der Waals surface area contributed by atoms with Crippen LogP contribution in [0.5, 0.6) is 0 Å². The number of urea groups is 1. The molecule has 1 aromatic carbocycles. The first-order chi connectivity index (χ1) is 12.5. The van der Waals surface area contributed by atoms with Crippen LogP contribution in [-0.4, -0.2) is 44.1 Å². The zero-order valence-electron chi connectivity index (χ0n) is 15.7. The zero-order valence-corrected chi connectivity index (χ0v) is 16.5. The van der Waals surface area contributed by atoms with Crippen molar-refractivity contribution in [2.75, 3.05) is 12.8 Å². The first-order valence-corrected chi connectivity index (χ1v) is 10.8. The Hall–Kier alpha value is -1.96. The van der Waals surface area contributed by atoms with Gasteiger partial charge in [0.1, 0.15) is 0 Å². The van der Waals surface area contributed by atoms with E-state index in [1.54, 1.807) is 11.8 Å². The number of halogens is 2. The molecule has 27 heavy (non-hydrogen) atoms. The molecule has 1 heterocycles. The van der Waals surface area contributed by atoms with E-state index in [0.29, 0.717) is 0 Å². The summed E-state index contributed by atoms with van der Waals surface area (Å²) in [7, 11) is -3.29. The van der Waals surface area contributed by atoms with Crippen LogP contribution in [0.15, 0.2) is 41.8 Å². The molecule has 1 aromatic rings. The van der Waals surface area contributed by atoms with Gasteiger partial charge in [-0.3, -0.25) is 0 Å². The Balaban J connectivity index is 2.17. The maximum absolute atomic E-state index is 13.9. The highest BCUT2D eigenvalue weighted by Crippen LogP contribution is 2.41. The van der Waals surface area contributed by atoms with E-state index in [-0.39, 0.29) is 19.4 Å². The zero-order chi connectivity index (χ0) is 20.2. The molecule has 0 saturated carbocycles. The number of hydrogen-bond acceptors (Lipinski definition) is 3. The van der Waals surface area contributed by atoms with Crippen molar-refractivity contribution >= 4 is 15.9 Å². The summed E-state index contributed by atoms with van der Waals surface area (Å²) in [5, 5.41) is 3.76. The molecule has 0 radical (unpaired) electrons. The van der Waals surface area contributed by atoms with Gasteiger partial charge in [0.2, 0.25) is 5.92 Å². The summed E-state index contributed by atoms with van der Waals surface area (Å²) in [5.74, 6) is -3.60. The number of benzene rings is 1. The number of nitrogens with one attached hydrogen (secondary N) is 1. The van der Waals surface area contributed by atoms with Crippen molar-refractivity contribution in [2.24, 2.45) is 5.92 Å². The number of rotatable bonds is 5. The minimum atomic E-state index is -3.29. The summed E-state index contributed by atoms with van der Waals surface area (Å²) in [6.45, 7) is 2.79. The van der Waals surface area contributed by atoms with Crippen LogP contribution >= 0.6 is 0 Å². The van der Waals surface area contributed by atoms with Crippen LogP contribution in [0.4, 0.5) is 13.6 Å². The Morgan fingerprint density at radius 3 is 2.52 bits per heavy atom. The van der Waals surface area contributed by atoms with E-state index < -0.39 is 39.8 Å². The molecule has 150 valence electrons. The number of piperidine rings is 1. The van der Waals surface area contributed by atoms with Gasteiger partial charge >= 0.3 is 6.03 Å². The number of carbonyl (C=O) groups is 1. The third-order valence-corrected chi connectivity index (χ3v) is 5.38. The van der Waals surface area contributed by atoms with E-state index >= 15 is 0 Å². The molecule has 1 fully saturated rings. The molecule has 1 saturated heterocycles. The Morgan fingerprint density at radius 1 is 1.33 bits per heavy atom. The number of hydrogen-bond donors (Lipinski definition) is 1. The first kappa shape index (κ1) is 21.3. The second-order valence-corrected chi connectivity index (χ2v) is 9.12. The van der Waals surface area contributed by atoms with Gasteiger partial charge in [0.15, 0.2) is 9.84 Å². The van der Waals surface area contributed by atoms with Crippen LogP contribution in [0.1, 0.15) is 38.3 Å². The lowest BCUT2D eigenvalue weighted by molar-refractivity contribution is -0.0686. The molecular weight excluding hydrogens is 374 g/mol. The summed E-state index contributed by atoms with van der Waals surface area (Å²) >= 11 is 0. The van der Waals surface area contributed by atoms with E-state index in [1.165, 1.54) is 6.08 Å².